The predicted octanol–water partition coefficient (Wildman–Crippen LogP) is 4.23. The van der Waals surface area contributed by atoms with Crippen LogP contribution in [0.5, 0.6) is 0 Å². The summed E-state index contributed by atoms with van der Waals surface area (Å²) in [6, 6.07) is 10.9. The second-order valence-corrected chi connectivity index (χ2v) is 6.00. The van der Waals surface area contributed by atoms with Gasteiger partial charge < -0.3 is 10.6 Å². The molecule has 0 spiro atoms. The lowest BCUT2D eigenvalue weighted by molar-refractivity contribution is 0.868. The van der Waals surface area contributed by atoms with Gasteiger partial charge in [-0.25, -0.2) is 4.98 Å². The van der Waals surface area contributed by atoms with Crippen LogP contribution in [-0.2, 0) is 0 Å². The zero-order valence-corrected chi connectivity index (χ0v) is 12.9. The molecule has 2 aromatic rings. The maximum atomic E-state index is 4.58. The average Bonchev–Trinajstić information content (AvgIpc) is 3.22. The molecule has 0 unspecified atom stereocenters. The molecule has 0 bridgehead atoms. The zero-order chi connectivity index (χ0) is 14.8. The minimum atomic E-state index is 0.461. The number of hydrogen-bond acceptors (Lipinski definition) is 4. The molecule has 1 aliphatic carbocycles. The van der Waals surface area contributed by atoms with E-state index in [9.17, 15) is 0 Å². The number of rotatable bonds is 5. The predicted molar refractivity (Wildman–Crippen MR) is 87.2 cm³/mol. The average molecular weight is 282 g/mol. The molecule has 0 saturated heterocycles. The Bertz CT molecular complexity index is 632. The van der Waals surface area contributed by atoms with E-state index in [0.29, 0.717) is 17.9 Å². The number of para-hydroxylation sites is 1. The Morgan fingerprint density at radius 2 is 1.90 bits per heavy atom. The summed E-state index contributed by atoms with van der Waals surface area (Å²) in [6.07, 6.45) is 2.48. The van der Waals surface area contributed by atoms with Crippen molar-refractivity contribution in [2.45, 2.75) is 45.6 Å². The zero-order valence-electron chi connectivity index (χ0n) is 12.9. The van der Waals surface area contributed by atoms with Gasteiger partial charge >= 0.3 is 0 Å². The first-order valence-electron chi connectivity index (χ1n) is 7.60. The van der Waals surface area contributed by atoms with E-state index >= 15 is 0 Å². The van der Waals surface area contributed by atoms with Gasteiger partial charge in [-0.15, -0.1) is 0 Å². The van der Waals surface area contributed by atoms with E-state index in [0.717, 1.165) is 17.2 Å². The van der Waals surface area contributed by atoms with Gasteiger partial charge in [-0.3, -0.25) is 0 Å². The van der Waals surface area contributed by atoms with Gasteiger partial charge in [0.05, 0.1) is 0 Å². The summed E-state index contributed by atoms with van der Waals surface area (Å²) in [5.74, 6) is 2.03. The second kappa shape index (κ2) is 5.72. The van der Waals surface area contributed by atoms with Crippen molar-refractivity contribution >= 4 is 17.5 Å². The highest BCUT2D eigenvalue weighted by Crippen LogP contribution is 2.27. The molecule has 4 nitrogen and oxygen atoms in total. The minimum Gasteiger partial charge on any atom is -0.367 e. The largest absolute Gasteiger partial charge is 0.367 e. The fourth-order valence-corrected chi connectivity index (χ4v) is 2.37. The number of nitrogens with zero attached hydrogens (tertiary/aromatic N) is 2. The quantitative estimate of drug-likeness (QED) is 0.861. The third-order valence-corrected chi connectivity index (χ3v) is 3.61. The number of hydrogen-bond donors (Lipinski definition) is 2. The number of nitrogens with one attached hydrogen (secondary N) is 2. The first kappa shape index (κ1) is 13.9. The lowest BCUT2D eigenvalue weighted by atomic mass is 10.0. The molecule has 110 valence electrons. The van der Waals surface area contributed by atoms with Gasteiger partial charge in [0, 0.05) is 23.5 Å². The normalized spacial score (nSPS) is 14.3. The Labute approximate surface area is 126 Å². The highest BCUT2D eigenvalue weighted by Gasteiger charge is 2.21. The Hall–Kier alpha value is -2.10. The summed E-state index contributed by atoms with van der Waals surface area (Å²) in [4.78, 5) is 9.07. The third kappa shape index (κ3) is 3.51. The van der Waals surface area contributed by atoms with Crippen molar-refractivity contribution in [2.24, 2.45) is 0 Å². The van der Waals surface area contributed by atoms with E-state index in [1.807, 2.05) is 19.1 Å². The van der Waals surface area contributed by atoms with E-state index in [-0.39, 0.29) is 0 Å². The molecular weight excluding hydrogens is 260 g/mol. The van der Waals surface area contributed by atoms with Crippen LogP contribution in [0.1, 0.15) is 43.9 Å². The maximum Gasteiger partial charge on any atom is 0.229 e. The van der Waals surface area contributed by atoms with Crippen molar-refractivity contribution in [1.29, 1.82) is 0 Å². The van der Waals surface area contributed by atoms with Crippen molar-refractivity contribution in [3.05, 3.63) is 41.6 Å². The van der Waals surface area contributed by atoms with Gasteiger partial charge in [0.2, 0.25) is 5.95 Å². The highest BCUT2D eigenvalue weighted by atomic mass is 15.2. The number of anilines is 3. The van der Waals surface area contributed by atoms with Gasteiger partial charge in [-0.2, -0.15) is 4.98 Å². The Morgan fingerprint density at radius 3 is 2.62 bits per heavy atom. The summed E-state index contributed by atoms with van der Waals surface area (Å²) in [5.41, 5.74) is 3.33. The molecule has 3 rings (SSSR count). The molecule has 1 aromatic carbocycles. The first-order chi connectivity index (χ1) is 10.1. The van der Waals surface area contributed by atoms with Crippen LogP contribution in [0.3, 0.4) is 0 Å². The fourth-order valence-electron chi connectivity index (χ4n) is 2.37. The Balaban J connectivity index is 1.85. The van der Waals surface area contributed by atoms with Crippen LogP contribution in [0.4, 0.5) is 17.5 Å². The molecule has 0 aliphatic heterocycles. The van der Waals surface area contributed by atoms with Gasteiger partial charge in [-0.05, 0) is 37.3 Å². The van der Waals surface area contributed by atoms with Gasteiger partial charge in [0.15, 0.2) is 0 Å². The van der Waals surface area contributed by atoms with Crippen molar-refractivity contribution in [3.8, 4) is 0 Å². The highest BCUT2D eigenvalue weighted by molar-refractivity contribution is 5.60. The molecule has 4 heteroatoms. The Kier molecular flexibility index (Phi) is 3.78. The van der Waals surface area contributed by atoms with Crippen LogP contribution in [0, 0.1) is 6.92 Å². The van der Waals surface area contributed by atoms with Crippen molar-refractivity contribution < 1.29 is 0 Å². The standard InChI is InChI=1S/C17H22N4/c1-11(2)14-6-4-5-7-15(14)20-17-18-12(3)10-16(21-17)19-13-8-9-13/h4-7,10-11,13H,8-9H2,1-3H3,(H2,18,19,20,21). The molecule has 1 fully saturated rings. The van der Waals surface area contributed by atoms with E-state index in [1.54, 1.807) is 0 Å². The SMILES string of the molecule is Cc1cc(NC2CC2)nc(Nc2ccccc2C(C)C)n1. The summed E-state index contributed by atoms with van der Waals surface area (Å²) < 4.78 is 0. The molecule has 0 atom stereocenters. The van der Waals surface area contributed by atoms with Crippen LogP contribution in [0.2, 0.25) is 0 Å². The lowest BCUT2D eigenvalue weighted by Crippen LogP contribution is -2.07. The summed E-state index contributed by atoms with van der Waals surface area (Å²) >= 11 is 0. The minimum absolute atomic E-state index is 0.461. The number of aryl methyl sites for hydroxylation is 1. The monoisotopic (exact) mass is 282 g/mol. The van der Waals surface area contributed by atoms with Gasteiger partial charge in [0.25, 0.3) is 0 Å². The lowest BCUT2D eigenvalue weighted by Gasteiger charge is -2.14. The van der Waals surface area contributed by atoms with Crippen molar-refractivity contribution in [1.82, 2.24) is 9.97 Å². The number of aromatic nitrogens is 2. The van der Waals surface area contributed by atoms with Crippen LogP contribution < -0.4 is 10.6 Å². The van der Waals surface area contributed by atoms with Crippen LogP contribution in [0.25, 0.3) is 0 Å². The molecule has 2 N–H and O–H groups in total. The molecule has 0 radical (unpaired) electrons. The molecule has 1 saturated carbocycles. The van der Waals surface area contributed by atoms with E-state index in [2.05, 4.69) is 52.6 Å². The first-order valence-corrected chi connectivity index (χ1v) is 7.60. The Morgan fingerprint density at radius 1 is 1.14 bits per heavy atom. The van der Waals surface area contributed by atoms with Crippen LogP contribution >= 0.6 is 0 Å². The molecule has 21 heavy (non-hydrogen) atoms. The van der Waals surface area contributed by atoms with Crippen LogP contribution in [-0.4, -0.2) is 16.0 Å². The van der Waals surface area contributed by atoms with Crippen molar-refractivity contribution in [3.63, 3.8) is 0 Å². The summed E-state index contributed by atoms with van der Waals surface area (Å²) in [7, 11) is 0. The molecule has 1 aromatic heterocycles. The molecule has 1 heterocycles. The van der Waals surface area contributed by atoms with Gasteiger partial charge in [0.1, 0.15) is 5.82 Å². The van der Waals surface area contributed by atoms with E-state index in [1.165, 1.54) is 18.4 Å². The van der Waals surface area contributed by atoms with Crippen molar-refractivity contribution in [2.75, 3.05) is 10.6 Å². The smallest absolute Gasteiger partial charge is 0.229 e. The molecule has 1 aliphatic rings. The fraction of sp³-hybridized carbons (Fsp3) is 0.412. The van der Waals surface area contributed by atoms with Gasteiger partial charge in [-0.1, -0.05) is 32.0 Å². The molecular formula is C17H22N4. The van der Waals surface area contributed by atoms with E-state index < -0.39 is 0 Å². The van der Waals surface area contributed by atoms with E-state index in [4.69, 9.17) is 0 Å². The number of benzene rings is 1. The topological polar surface area (TPSA) is 49.8 Å². The third-order valence-electron chi connectivity index (χ3n) is 3.61. The molecule has 0 amide bonds. The summed E-state index contributed by atoms with van der Waals surface area (Å²) in [5, 5.41) is 6.80. The maximum absolute atomic E-state index is 4.58. The summed E-state index contributed by atoms with van der Waals surface area (Å²) in [6.45, 7) is 6.38. The van der Waals surface area contributed by atoms with Crippen LogP contribution in [0.15, 0.2) is 30.3 Å². The second-order valence-electron chi connectivity index (χ2n) is 6.00.